The van der Waals surface area contributed by atoms with Crippen LogP contribution < -0.4 is 10.1 Å². The Morgan fingerprint density at radius 2 is 2.37 bits per heavy atom. The minimum Gasteiger partial charge on any atom is -0.489 e. The topological polar surface area (TPSA) is 41.6 Å². The maximum absolute atomic E-state index is 12.6. The van der Waals surface area contributed by atoms with Gasteiger partial charge in [0.2, 0.25) is 0 Å². The van der Waals surface area contributed by atoms with E-state index < -0.39 is 0 Å². The highest BCUT2D eigenvalue weighted by molar-refractivity contribution is 5.99. The fourth-order valence-corrected chi connectivity index (χ4v) is 2.88. The van der Waals surface area contributed by atoms with Gasteiger partial charge in [0.05, 0.1) is 11.3 Å². The Hall–Kier alpha value is -1.71. The molecular weight excluding hydrogens is 240 g/mol. The molecule has 0 bridgehead atoms. The van der Waals surface area contributed by atoms with Crippen molar-refractivity contribution in [1.29, 1.82) is 0 Å². The number of rotatable bonds is 1. The van der Waals surface area contributed by atoms with E-state index in [1.54, 1.807) is 0 Å². The summed E-state index contributed by atoms with van der Waals surface area (Å²) in [4.78, 5) is 14.6. The van der Waals surface area contributed by atoms with E-state index in [1.807, 2.05) is 23.1 Å². The zero-order valence-corrected chi connectivity index (χ0v) is 11.3. The monoisotopic (exact) mass is 260 g/mol. The third-order valence-corrected chi connectivity index (χ3v) is 3.85. The van der Waals surface area contributed by atoms with Crippen LogP contribution in [0.1, 0.15) is 30.1 Å². The average Bonchev–Trinajstić information content (AvgIpc) is 2.46. The minimum absolute atomic E-state index is 0.104. The molecule has 19 heavy (non-hydrogen) atoms. The number of nitrogens with zero attached hydrogens (tertiary/aromatic N) is 1. The van der Waals surface area contributed by atoms with Gasteiger partial charge in [0.1, 0.15) is 6.61 Å². The van der Waals surface area contributed by atoms with Gasteiger partial charge < -0.3 is 15.0 Å². The first-order valence-electron chi connectivity index (χ1n) is 7.04. The summed E-state index contributed by atoms with van der Waals surface area (Å²) < 4.78 is 5.68. The molecule has 4 heteroatoms. The Labute approximate surface area is 113 Å². The van der Waals surface area contributed by atoms with E-state index in [2.05, 4.69) is 12.2 Å². The van der Waals surface area contributed by atoms with Gasteiger partial charge in [-0.3, -0.25) is 4.79 Å². The molecule has 1 aromatic carbocycles. The Balaban J connectivity index is 1.87. The number of likely N-dealkylation sites (tertiary alicyclic amines) is 1. The van der Waals surface area contributed by atoms with Crippen molar-refractivity contribution in [3.05, 3.63) is 23.8 Å². The number of hydrogen-bond donors (Lipinski definition) is 1. The number of hydrogen-bond acceptors (Lipinski definition) is 3. The number of amides is 1. The molecule has 0 aliphatic carbocycles. The summed E-state index contributed by atoms with van der Waals surface area (Å²) in [6.45, 7) is 5.34. The molecule has 1 atom stereocenters. The third kappa shape index (κ3) is 2.39. The summed E-state index contributed by atoms with van der Waals surface area (Å²) in [5.41, 5.74) is 1.63. The van der Waals surface area contributed by atoms with Gasteiger partial charge in [-0.25, -0.2) is 0 Å². The molecule has 0 spiro atoms. The smallest absolute Gasteiger partial charge is 0.257 e. The van der Waals surface area contributed by atoms with Gasteiger partial charge in [-0.15, -0.1) is 0 Å². The maximum Gasteiger partial charge on any atom is 0.257 e. The fourth-order valence-electron chi connectivity index (χ4n) is 2.88. The molecule has 0 radical (unpaired) electrons. The number of anilines is 1. The SMILES string of the molecule is CC1CCCN(C(=O)c2cccc3c2OCCN3)C1. The van der Waals surface area contributed by atoms with E-state index in [0.717, 1.165) is 37.5 Å². The normalized spacial score (nSPS) is 22.2. The van der Waals surface area contributed by atoms with Crippen molar-refractivity contribution in [2.75, 3.05) is 31.6 Å². The Bertz CT molecular complexity index is 487. The van der Waals surface area contributed by atoms with Crippen LogP contribution in [0.15, 0.2) is 18.2 Å². The van der Waals surface area contributed by atoms with Crippen molar-refractivity contribution in [3.8, 4) is 5.75 Å². The molecule has 3 rings (SSSR count). The second kappa shape index (κ2) is 5.11. The number of carbonyl (C=O) groups is 1. The van der Waals surface area contributed by atoms with Crippen molar-refractivity contribution < 1.29 is 9.53 Å². The Morgan fingerprint density at radius 1 is 1.47 bits per heavy atom. The Morgan fingerprint density at radius 3 is 3.21 bits per heavy atom. The van der Waals surface area contributed by atoms with E-state index in [4.69, 9.17) is 4.74 Å². The number of carbonyl (C=O) groups excluding carboxylic acids is 1. The van der Waals surface area contributed by atoms with Crippen LogP contribution >= 0.6 is 0 Å². The first-order valence-corrected chi connectivity index (χ1v) is 7.04. The van der Waals surface area contributed by atoms with Gasteiger partial charge in [0.25, 0.3) is 5.91 Å². The van der Waals surface area contributed by atoms with E-state index >= 15 is 0 Å². The number of fused-ring (bicyclic) bond motifs is 1. The first-order chi connectivity index (χ1) is 9.25. The van der Waals surface area contributed by atoms with Crippen LogP contribution in [0.2, 0.25) is 0 Å². The molecule has 102 valence electrons. The summed E-state index contributed by atoms with van der Waals surface area (Å²) in [7, 11) is 0. The highest BCUT2D eigenvalue weighted by atomic mass is 16.5. The van der Waals surface area contributed by atoms with Gasteiger partial charge in [-0.2, -0.15) is 0 Å². The van der Waals surface area contributed by atoms with Crippen molar-refractivity contribution >= 4 is 11.6 Å². The number of ether oxygens (including phenoxy) is 1. The summed E-state index contributed by atoms with van der Waals surface area (Å²) in [6.07, 6.45) is 2.32. The molecule has 1 N–H and O–H groups in total. The van der Waals surface area contributed by atoms with Crippen LogP contribution in [0.3, 0.4) is 0 Å². The molecule has 0 aromatic heterocycles. The van der Waals surface area contributed by atoms with E-state index in [1.165, 1.54) is 6.42 Å². The van der Waals surface area contributed by atoms with Crippen LogP contribution in [0, 0.1) is 5.92 Å². The van der Waals surface area contributed by atoms with Crippen molar-refractivity contribution in [1.82, 2.24) is 4.90 Å². The van der Waals surface area contributed by atoms with Gasteiger partial charge >= 0.3 is 0 Å². The minimum atomic E-state index is 0.104. The van der Waals surface area contributed by atoms with E-state index in [-0.39, 0.29) is 5.91 Å². The van der Waals surface area contributed by atoms with Gasteiger partial charge in [0, 0.05) is 19.6 Å². The van der Waals surface area contributed by atoms with Crippen LogP contribution in [0.5, 0.6) is 5.75 Å². The third-order valence-electron chi connectivity index (χ3n) is 3.85. The molecule has 1 aromatic rings. The predicted molar refractivity (Wildman–Crippen MR) is 74.7 cm³/mol. The van der Waals surface area contributed by atoms with Crippen LogP contribution in [0.25, 0.3) is 0 Å². The number of benzene rings is 1. The highest BCUT2D eigenvalue weighted by Gasteiger charge is 2.26. The molecule has 0 saturated carbocycles. The average molecular weight is 260 g/mol. The zero-order valence-electron chi connectivity index (χ0n) is 11.3. The molecule has 2 aliphatic heterocycles. The van der Waals surface area contributed by atoms with Gasteiger partial charge in [-0.05, 0) is 30.9 Å². The number of nitrogens with one attached hydrogen (secondary N) is 1. The molecule has 1 saturated heterocycles. The standard InChI is InChI=1S/C15H20N2O2/c1-11-4-3-8-17(10-11)15(18)12-5-2-6-13-14(12)19-9-7-16-13/h2,5-6,11,16H,3-4,7-10H2,1H3. The zero-order chi connectivity index (χ0) is 13.2. The molecule has 1 amide bonds. The van der Waals surface area contributed by atoms with E-state index in [9.17, 15) is 4.79 Å². The lowest BCUT2D eigenvalue weighted by atomic mass is 9.99. The molecule has 2 aliphatic rings. The van der Waals surface area contributed by atoms with Gasteiger partial charge in [0.15, 0.2) is 5.75 Å². The molecule has 1 unspecified atom stereocenters. The number of piperidine rings is 1. The predicted octanol–water partition coefficient (Wildman–Crippen LogP) is 2.36. The summed E-state index contributed by atoms with van der Waals surface area (Å²) in [6, 6.07) is 5.75. The largest absolute Gasteiger partial charge is 0.489 e. The van der Waals surface area contributed by atoms with Crippen molar-refractivity contribution in [2.45, 2.75) is 19.8 Å². The van der Waals surface area contributed by atoms with Crippen LogP contribution in [0.4, 0.5) is 5.69 Å². The maximum atomic E-state index is 12.6. The fraction of sp³-hybridized carbons (Fsp3) is 0.533. The summed E-state index contributed by atoms with van der Waals surface area (Å²) >= 11 is 0. The van der Waals surface area contributed by atoms with Crippen LogP contribution in [-0.2, 0) is 0 Å². The quantitative estimate of drug-likeness (QED) is 0.843. The van der Waals surface area contributed by atoms with Crippen molar-refractivity contribution in [2.24, 2.45) is 5.92 Å². The van der Waals surface area contributed by atoms with E-state index in [0.29, 0.717) is 18.1 Å². The second-order valence-electron chi connectivity index (χ2n) is 5.46. The Kier molecular flexibility index (Phi) is 3.32. The second-order valence-corrected chi connectivity index (χ2v) is 5.46. The molecule has 1 fully saturated rings. The van der Waals surface area contributed by atoms with Gasteiger partial charge in [-0.1, -0.05) is 13.0 Å². The van der Waals surface area contributed by atoms with Crippen molar-refractivity contribution in [3.63, 3.8) is 0 Å². The first kappa shape index (κ1) is 12.3. The molecular formula is C15H20N2O2. The summed E-state index contributed by atoms with van der Waals surface area (Å²) in [5, 5.41) is 3.27. The van der Waals surface area contributed by atoms with Crippen LogP contribution in [-0.4, -0.2) is 37.0 Å². The highest BCUT2D eigenvalue weighted by Crippen LogP contribution is 2.32. The molecule has 4 nitrogen and oxygen atoms in total. The summed E-state index contributed by atoms with van der Waals surface area (Å²) in [5.74, 6) is 1.42. The lowest BCUT2D eigenvalue weighted by Crippen LogP contribution is -2.39. The lowest BCUT2D eigenvalue weighted by molar-refractivity contribution is 0.0678. The lowest BCUT2D eigenvalue weighted by Gasteiger charge is -2.32. The number of para-hydroxylation sites is 1. The molecule has 2 heterocycles.